The molecule has 10 nitrogen and oxygen atoms in total. The number of anilines is 2. The molecule has 2 aliphatic rings. The number of aromatic nitrogens is 3. The predicted molar refractivity (Wildman–Crippen MR) is 128 cm³/mol. The highest BCUT2D eigenvalue weighted by molar-refractivity contribution is 7.99. The fourth-order valence-electron chi connectivity index (χ4n) is 3.83. The summed E-state index contributed by atoms with van der Waals surface area (Å²) in [6, 6.07) is 6.68. The van der Waals surface area contributed by atoms with Crippen LogP contribution >= 0.6 is 11.8 Å². The van der Waals surface area contributed by atoms with Gasteiger partial charge in [0.1, 0.15) is 0 Å². The number of carbonyl (C=O) groups excluding carboxylic acids is 2. The third-order valence-corrected chi connectivity index (χ3v) is 6.54. The van der Waals surface area contributed by atoms with Gasteiger partial charge in [0, 0.05) is 25.4 Å². The first-order valence-electron chi connectivity index (χ1n) is 11.7. The number of benzene rings is 1. The third kappa shape index (κ3) is 6.49. The van der Waals surface area contributed by atoms with Gasteiger partial charge < -0.3 is 24.4 Å². The maximum Gasteiger partial charge on any atom is 0.338 e. The summed E-state index contributed by atoms with van der Waals surface area (Å²) in [5.41, 5.74) is 1.08. The van der Waals surface area contributed by atoms with E-state index in [4.69, 9.17) is 14.2 Å². The van der Waals surface area contributed by atoms with Crippen LogP contribution in [-0.4, -0.2) is 78.0 Å². The van der Waals surface area contributed by atoms with Crippen LogP contribution in [-0.2, 0) is 25.5 Å². The molecule has 34 heavy (non-hydrogen) atoms. The van der Waals surface area contributed by atoms with Crippen LogP contribution in [0.3, 0.4) is 0 Å². The van der Waals surface area contributed by atoms with E-state index >= 15 is 0 Å². The zero-order valence-electron chi connectivity index (χ0n) is 19.4. The van der Waals surface area contributed by atoms with Crippen molar-refractivity contribution in [3.8, 4) is 0 Å². The topological polar surface area (TPSA) is 108 Å². The van der Waals surface area contributed by atoms with Crippen LogP contribution in [0.1, 0.15) is 36.5 Å². The zero-order chi connectivity index (χ0) is 23.8. The Labute approximate surface area is 203 Å². The minimum Gasteiger partial charge on any atom is -0.462 e. The number of morpholine rings is 1. The van der Waals surface area contributed by atoms with E-state index in [1.54, 1.807) is 24.3 Å². The fourth-order valence-corrected chi connectivity index (χ4v) is 4.57. The van der Waals surface area contributed by atoms with Crippen LogP contribution in [0.5, 0.6) is 0 Å². The maximum atomic E-state index is 12.6. The maximum absolute atomic E-state index is 12.6. The highest BCUT2D eigenvalue weighted by Gasteiger charge is 2.25. The lowest BCUT2D eigenvalue weighted by molar-refractivity contribution is -0.113. The Morgan fingerprint density at radius 3 is 2.68 bits per heavy atom. The number of thioether (sulfide) groups is 1. The highest BCUT2D eigenvalue weighted by Crippen LogP contribution is 2.26. The minimum absolute atomic E-state index is 0.131. The molecule has 2 aromatic rings. The van der Waals surface area contributed by atoms with Gasteiger partial charge in [-0.2, -0.15) is 0 Å². The summed E-state index contributed by atoms with van der Waals surface area (Å²) in [4.78, 5) is 26.7. The van der Waals surface area contributed by atoms with Gasteiger partial charge in [-0.1, -0.05) is 18.7 Å². The van der Waals surface area contributed by atoms with E-state index in [1.165, 1.54) is 11.8 Å². The van der Waals surface area contributed by atoms with Gasteiger partial charge in [0.15, 0.2) is 5.16 Å². The van der Waals surface area contributed by atoms with Crippen molar-refractivity contribution in [3.63, 3.8) is 0 Å². The van der Waals surface area contributed by atoms with Gasteiger partial charge in [-0.3, -0.25) is 9.36 Å². The van der Waals surface area contributed by atoms with Crippen LogP contribution in [0, 0.1) is 0 Å². The molecule has 1 amide bonds. The lowest BCUT2D eigenvalue weighted by atomic mass is 10.2. The first-order chi connectivity index (χ1) is 16.6. The SMILES string of the molecule is CCCOC(=O)c1ccc(NC(=O)CSc2nnc(N3CCOCC3)n2CC2CCCO2)cc1. The van der Waals surface area contributed by atoms with Crippen molar-refractivity contribution < 1.29 is 23.8 Å². The Kier molecular flexibility index (Phi) is 8.78. The van der Waals surface area contributed by atoms with Crippen LogP contribution in [0.2, 0.25) is 0 Å². The normalized spacial score (nSPS) is 18.1. The Morgan fingerprint density at radius 2 is 1.97 bits per heavy atom. The quantitative estimate of drug-likeness (QED) is 0.398. The number of nitrogens with one attached hydrogen (secondary N) is 1. The number of carbonyl (C=O) groups is 2. The largest absolute Gasteiger partial charge is 0.462 e. The van der Waals surface area contributed by atoms with E-state index in [0.29, 0.717) is 42.8 Å². The summed E-state index contributed by atoms with van der Waals surface area (Å²) in [7, 11) is 0. The molecule has 0 saturated carbocycles. The van der Waals surface area contributed by atoms with Crippen LogP contribution in [0.15, 0.2) is 29.4 Å². The molecule has 11 heteroatoms. The van der Waals surface area contributed by atoms with Gasteiger partial charge in [0.2, 0.25) is 11.9 Å². The monoisotopic (exact) mass is 489 g/mol. The molecule has 0 radical (unpaired) electrons. The van der Waals surface area contributed by atoms with Gasteiger partial charge in [0.05, 0.1) is 43.8 Å². The minimum atomic E-state index is -0.364. The summed E-state index contributed by atoms with van der Waals surface area (Å²) in [6.45, 7) is 6.61. The molecule has 2 fully saturated rings. The van der Waals surface area contributed by atoms with Crippen molar-refractivity contribution in [1.29, 1.82) is 0 Å². The molecule has 1 aromatic heterocycles. The lowest BCUT2D eigenvalue weighted by Gasteiger charge is -2.28. The molecule has 0 spiro atoms. The number of hydrogen-bond donors (Lipinski definition) is 1. The zero-order valence-corrected chi connectivity index (χ0v) is 20.2. The molecule has 4 rings (SSSR count). The molecule has 0 aliphatic carbocycles. The molecular formula is C23H31N5O5S. The number of ether oxygens (including phenoxy) is 3. The third-order valence-electron chi connectivity index (χ3n) is 5.58. The molecule has 1 atom stereocenters. The molecule has 3 heterocycles. The van der Waals surface area contributed by atoms with Crippen LogP contribution in [0.4, 0.5) is 11.6 Å². The van der Waals surface area contributed by atoms with E-state index in [1.807, 2.05) is 6.92 Å². The van der Waals surface area contributed by atoms with Crippen molar-refractivity contribution >= 4 is 35.3 Å². The van der Waals surface area contributed by atoms with Crippen LogP contribution < -0.4 is 10.2 Å². The Bertz CT molecular complexity index is 955. The van der Waals surface area contributed by atoms with Gasteiger partial charge in [-0.15, -0.1) is 10.2 Å². The predicted octanol–water partition coefficient (Wildman–Crippen LogP) is 2.59. The Morgan fingerprint density at radius 1 is 1.18 bits per heavy atom. The van der Waals surface area contributed by atoms with Crippen molar-refractivity contribution in [3.05, 3.63) is 29.8 Å². The Balaban J connectivity index is 1.36. The average Bonchev–Trinajstić information content (AvgIpc) is 3.52. The summed E-state index contributed by atoms with van der Waals surface area (Å²) in [5, 5.41) is 12.4. The van der Waals surface area contributed by atoms with Crippen molar-refractivity contribution in [2.24, 2.45) is 0 Å². The molecule has 0 bridgehead atoms. The molecule has 184 valence electrons. The molecule has 1 aromatic carbocycles. The number of esters is 1. The second-order valence-electron chi connectivity index (χ2n) is 8.18. The smallest absolute Gasteiger partial charge is 0.338 e. The molecule has 2 saturated heterocycles. The first kappa shape index (κ1) is 24.5. The van der Waals surface area contributed by atoms with Gasteiger partial charge in [0.25, 0.3) is 0 Å². The van der Waals surface area contributed by atoms with Crippen LogP contribution in [0.25, 0.3) is 0 Å². The standard InChI is InChI=1S/C23H31N5O5S/c1-2-11-33-21(30)17-5-7-18(8-6-17)24-20(29)16-34-23-26-25-22(27-9-13-31-14-10-27)28(23)15-19-4-3-12-32-19/h5-8,19H,2-4,9-16H2,1H3,(H,24,29). The van der Waals surface area contributed by atoms with Crippen molar-refractivity contribution in [1.82, 2.24) is 14.8 Å². The second kappa shape index (κ2) is 12.2. The number of amides is 1. The fraction of sp³-hybridized carbons (Fsp3) is 0.565. The number of nitrogens with zero attached hydrogens (tertiary/aromatic N) is 4. The van der Waals surface area contributed by atoms with E-state index in [0.717, 1.165) is 44.9 Å². The first-order valence-corrected chi connectivity index (χ1v) is 12.7. The highest BCUT2D eigenvalue weighted by atomic mass is 32.2. The van der Waals surface area contributed by atoms with Gasteiger partial charge >= 0.3 is 5.97 Å². The van der Waals surface area contributed by atoms with E-state index < -0.39 is 0 Å². The Hall–Kier alpha value is -2.63. The van der Waals surface area contributed by atoms with Gasteiger partial charge in [-0.05, 0) is 43.5 Å². The number of rotatable bonds is 10. The summed E-state index contributed by atoms with van der Waals surface area (Å²) in [6.07, 6.45) is 2.96. The van der Waals surface area contributed by atoms with Gasteiger partial charge in [-0.25, -0.2) is 4.79 Å². The van der Waals surface area contributed by atoms with E-state index in [9.17, 15) is 9.59 Å². The van der Waals surface area contributed by atoms with E-state index in [-0.39, 0.29) is 23.7 Å². The summed E-state index contributed by atoms with van der Waals surface area (Å²) >= 11 is 1.35. The van der Waals surface area contributed by atoms with Crippen molar-refractivity contribution in [2.45, 2.75) is 44.0 Å². The molecular weight excluding hydrogens is 458 g/mol. The molecule has 1 N–H and O–H groups in total. The lowest BCUT2D eigenvalue weighted by Crippen LogP contribution is -2.38. The average molecular weight is 490 g/mol. The summed E-state index contributed by atoms with van der Waals surface area (Å²) < 4.78 is 18.5. The van der Waals surface area contributed by atoms with Crippen molar-refractivity contribution in [2.75, 3.05) is 55.5 Å². The number of hydrogen-bond acceptors (Lipinski definition) is 9. The second-order valence-corrected chi connectivity index (χ2v) is 9.12. The molecule has 1 unspecified atom stereocenters. The summed E-state index contributed by atoms with van der Waals surface area (Å²) in [5.74, 6) is 0.461. The molecule has 2 aliphatic heterocycles. The van der Waals surface area contributed by atoms with E-state index in [2.05, 4.69) is 25.0 Å².